The molecule has 1 aliphatic rings. The summed E-state index contributed by atoms with van der Waals surface area (Å²) in [5, 5.41) is 0.00309. The number of ether oxygens (including phenoxy) is 1. The quantitative estimate of drug-likeness (QED) is 0.771. The van der Waals surface area contributed by atoms with E-state index in [1.807, 2.05) is 17.0 Å². The first-order valence-corrected chi connectivity index (χ1v) is 9.08. The lowest BCUT2D eigenvalue weighted by atomic mass is 10.1. The predicted molar refractivity (Wildman–Crippen MR) is 98.3 cm³/mol. The minimum Gasteiger partial charge on any atom is -0.380 e. The highest BCUT2D eigenvalue weighted by Gasteiger charge is 2.34. The van der Waals surface area contributed by atoms with Gasteiger partial charge in [0, 0.05) is 12.7 Å². The van der Waals surface area contributed by atoms with Crippen molar-refractivity contribution in [2.24, 2.45) is 0 Å². The van der Waals surface area contributed by atoms with Gasteiger partial charge in [0.05, 0.1) is 25.3 Å². The monoisotopic (exact) mass is 414 g/mol. The molecule has 0 unspecified atom stereocenters. The first-order valence-electron chi connectivity index (χ1n) is 8.70. The molecule has 0 saturated carbocycles. The summed E-state index contributed by atoms with van der Waals surface area (Å²) in [4.78, 5) is 18.8. The number of aromatic nitrogens is 1. The number of hydrogen-bond donors (Lipinski definition) is 0. The van der Waals surface area contributed by atoms with E-state index in [4.69, 9.17) is 16.3 Å². The maximum absolute atomic E-state index is 12.8. The number of aromatic amines is 1. The number of alkyl halides is 3. The van der Waals surface area contributed by atoms with Gasteiger partial charge in [-0.05, 0) is 23.8 Å². The fourth-order valence-electron chi connectivity index (χ4n) is 3.09. The fourth-order valence-corrected chi connectivity index (χ4v) is 3.39. The van der Waals surface area contributed by atoms with Crippen LogP contribution in [0.3, 0.4) is 0 Å². The summed E-state index contributed by atoms with van der Waals surface area (Å²) in [6.45, 7) is 2.31. The fraction of sp³-hybridized carbons (Fsp3) is 0.368. The zero-order valence-electron chi connectivity index (χ0n) is 15.2. The van der Waals surface area contributed by atoms with Crippen LogP contribution in [-0.4, -0.2) is 44.1 Å². The molecule has 0 atom stereocenters. The lowest BCUT2D eigenvalue weighted by Crippen LogP contribution is -2.50. The molecule has 1 fully saturated rings. The van der Waals surface area contributed by atoms with Gasteiger partial charge in [0.15, 0.2) is 0 Å². The first-order chi connectivity index (χ1) is 13.3. The van der Waals surface area contributed by atoms with Crippen LogP contribution in [0.1, 0.15) is 21.5 Å². The van der Waals surface area contributed by atoms with Crippen LogP contribution in [0.25, 0.3) is 0 Å². The van der Waals surface area contributed by atoms with Crippen LogP contribution in [0.5, 0.6) is 0 Å². The van der Waals surface area contributed by atoms with Crippen LogP contribution < -0.4 is 9.88 Å². The Bertz CT molecular complexity index is 835. The van der Waals surface area contributed by atoms with Gasteiger partial charge in [-0.1, -0.05) is 23.7 Å². The molecular weight excluding hydrogens is 395 g/mol. The SMILES string of the molecule is COCc1ccc(C(=O)N2CCN(c3[nH+]cc(C(F)(F)F)cc3Cl)CC2)cc1. The molecule has 2 heterocycles. The summed E-state index contributed by atoms with van der Waals surface area (Å²) in [7, 11) is 1.61. The molecule has 28 heavy (non-hydrogen) atoms. The van der Waals surface area contributed by atoms with Crippen molar-refractivity contribution in [2.75, 3.05) is 38.2 Å². The van der Waals surface area contributed by atoms with Crippen LogP contribution in [0.4, 0.5) is 19.0 Å². The number of benzene rings is 1. The van der Waals surface area contributed by atoms with Gasteiger partial charge in [0.1, 0.15) is 24.3 Å². The van der Waals surface area contributed by atoms with E-state index in [1.54, 1.807) is 24.1 Å². The van der Waals surface area contributed by atoms with E-state index in [0.717, 1.165) is 17.8 Å². The van der Waals surface area contributed by atoms with Crippen molar-refractivity contribution in [3.05, 3.63) is 58.2 Å². The van der Waals surface area contributed by atoms with Crippen molar-refractivity contribution < 1.29 is 27.7 Å². The number of H-pyrrole nitrogens is 1. The Morgan fingerprint density at radius 3 is 2.36 bits per heavy atom. The third kappa shape index (κ3) is 4.56. The average Bonchev–Trinajstić information content (AvgIpc) is 2.68. The summed E-state index contributed by atoms with van der Waals surface area (Å²) in [6, 6.07) is 8.15. The third-order valence-electron chi connectivity index (χ3n) is 4.60. The predicted octanol–water partition coefficient (Wildman–Crippen LogP) is 3.28. The second-order valence-corrected chi connectivity index (χ2v) is 6.90. The van der Waals surface area contributed by atoms with Crippen molar-refractivity contribution in [1.29, 1.82) is 0 Å². The smallest absolute Gasteiger partial charge is 0.380 e. The van der Waals surface area contributed by atoms with Crippen LogP contribution in [-0.2, 0) is 17.5 Å². The number of methoxy groups -OCH3 is 1. The van der Waals surface area contributed by atoms with Crippen molar-refractivity contribution in [3.8, 4) is 0 Å². The highest BCUT2D eigenvalue weighted by atomic mass is 35.5. The van der Waals surface area contributed by atoms with E-state index < -0.39 is 11.7 Å². The Morgan fingerprint density at radius 1 is 1.18 bits per heavy atom. The number of nitrogens with zero attached hydrogens (tertiary/aromatic N) is 2. The molecular formula is C19H20ClF3N3O2+. The normalized spacial score (nSPS) is 15.0. The van der Waals surface area contributed by atoms with Gasteiger partial charge >= 0.3 is 6.18 Å². The second kappa shape index (κ2) is 8.36. The van der Waals surface area contributed by atoms with E-state index in [0.29, 0.717) is 44.2 Å². The lowest BCUT2D eigenvalue weighted by Gasteiger charge is -2.31. The molecule has 0 aliphatic carbocycles. The highest BCUT2D eigenvalue weighted by Crippen LogP contribution is 2.32. The van der Waals surface area contributed by atoms with Gasteiger partial charge in [0.25, 0.3) is 11.7 Å². The number of carbonyl (C=O) groups is 1. The molecule has 1 saturated heterocycles. The van der Waals surface area contributed by atoms with Crippen molar-refractivity contribution in [3.63, 3.8) is 0 Å². The highest BCUT2D eigenvalue weighted by molar-refractivity contribution is 6.32. The molecule has 2 aromatic rings. The summed E-state index contributed by atoms with van der Waals surface area (Å²) in [6.07, 6.45) is -3.55. The third-order valence-corrected chi connectivity index (χ3v) is 4.88. The number of carbonyl (C=O) groups excluding carboxylic acids is 1. The molecule has 1 N–H and O–H groups in total. The summed E-state index contributed by atoms with van der Waals surface area (Å²) in [5.74, 6) is 0.344. The molecule has 5 nitrogen and oxygen atoms in total. The molecule has 1 aromatic heterocycles. The molecule has 1 aliphatic heterocycles. The number of nitrogens with one attached hydrogen (secondary N) is 1. The van der Waals surface area contributed by atoms with Gasteiger partial charge in [-0.3, -0.25) is 9.69 Å². The standard InChI is InChI=1S/C19H19ClF3N3O2/c1-28-12-13-2-4-14(5-3-13)18(27)26-8-6-25(7-9-26)17-16(20)10-15(11-24-17)19(21,22)23/h2-5,10-11H,6-9,12H2,1H3/p+1. The van der Waals surface area contributed by atoms with Crippen molar-refractivity contribution >= 4 is 23.3 Å². The van der Waals surface area contributed by atoms with E-state index >= 15 is 0 Å². The Labute approximate surface area is 165 Å². The summed E-state index contributed by atoms with van der Waals surface area (Å²) in [5.41, 5.74) is 0.746. The molecule has 3 rings (SSSR count). The maximum Gasteiger partial charge on any atom is 0.419 e. The average molecular weight is 415 g/mol. The van der Waals surface area contributed by atoms with Crippen LogP contribution in [0.2, 0.25) is 5.02 Å². The van der Waals surface area contributed by atoms with Gasteiger partial charge in [0.2, 0.25) is 0 Å². The second-order valence-electron chi connectivity index (χ2n) is 6.49. The van der Waals surface area contributed by atoms with Gasteiger partial charge < -0.3 is 9.64 Å². The number of piperazine rings is 1. The van der Waals surface area contributed by atoms with Crippen LogP contribution in [0.15, 0.2) is 36.5 Å². The number of amides is 1. The maximum atomic E-state index is 12.8. The molecule has 1 aromatic carbocycles. The van der Waals surface area contributed by atoms with Crippen molar-refractivity contribution in [2.45, 2.75) is 12.8 Å². The molecule has 1 amide bonds. The van der Waals surface area contributed by atoms with Gasteiger partial charge in [-0.15, -0.1) is 0 Å². The number of hydrogen-bond acceptors (Lipinski definition) is 3. The summed E-state index contributed by atoms with van der Waals surface area (Å²) < 4.78 is 43.4. The van der Waals surface area contributed by atoms with Gasteiger partial charge in [-0.25, -0.2) is 4.98 Å². The molecule has 150 valence electrons. The molecule has 0 spiro atoms. The van der Waals surface area contributed by atoms with E-state index in [2.05, 4.69) is 4.98 Å². The van der Waals surface area contributed by atoms with E-state index in [1.165, 1.54) is 0 Å². The number of anilines is 1. The van der Waals surface area contributed by atoms with Crippen molar-refractivity contribution in [1.82, 2.24) is 4.90 Å². The molecule has 0 radical (unpaired) electrons. The minimum atomic E-state index is -4.46. The Morgan fingerprint density at radius 2 is 1.82 bits per heavy atom. The number of rotatable bonds is 4. The van der Waals surface area contributed by atoms with Crippen LogP contribution >= 0.6 is 11.6 Å². The topological polar surface area (TPSA) is 46.9 Å². The first kappa shape index (κ1) is 20.4. The Hall–Kier alpha value is -2.32. The van der Waals surface area contributed by atoms with Gasteiger partial charge in [-0.2, -0.15) is 13.2 Å². The van der Waals surface area contributed by atoms with Crippen LogP contribution in [0, 0.1) is 0 Å². The zero-order valence-corrected chi connectivity index (χ0v) is 16.0. The number of pyridine rings is 1. The molecule has 9 heteroatoms. The Balaban J connectivity index is 1.63. The zero-order chi connectivity index (χ0) is 20.3. The van der Waals surface area contributed by atoms with E-state index in [9.17, 15) is 18.0 Å². The largest absolute Gasteiger partial charge is 0.419 e. The minimum absolute atomic E-state index is 0.00309. The van der Waals surface area contributed by atoms with E-state index in [-0.39, 0.29) is 10.9 Å². The Kier molecular flexibility index (Phi) is 6.10. The lowest BCUT2D eigenvalue weighted by molar-refractivity contribution is -0.367. The summed E-state index contributed by atoms with van der Waals surface area (Å²) >= 11 is 6.04. The molecule has 0 bridgehead atoms. The number of halogens is 4.